The molecule has 0 N–H and O–H groups in total. The Balaban J connectivity index is 2.06. The summed E-state index contributed by atoms with van der Waals surface area (Å²) in [5.41, 5.74) is 1.88. The van der Waals surface area contributed by atoms with Gasteiger partial charge in [0, 0.05) is 5.56 Å². The number of rotatable bonds is 5. The third-order valence-corrected chi connectivity index (χ3v) is 3.19. The molecule has 20 heavy (non-hydrogen) atoms. The van der Waals surface area contributed by atoms with Crippen LogP contribution in [0.3, 0.4) is 0 Å². The highest BCUT2D eigenvalue weighted by atomic mass is 32.1. The summed E-state index contributed by atoms with van der Waals surface area (Å²) >= 11 is 5.29. The first-order valence-corrected chi connectivity index (χ1v) is 6.58. The van der Waals surface area contributed by atoms with Gasteiger partial charge in [-0.2, -0.15) is 0 Å². The lowest BCUT2D eigenvalue weighted by Crippen LogP contribution is -2.04. The number of hydrogen-bond donors (Lipinski definition) is 0. The molecule has 2 aromatic rings. The molecule has 0 aliphatic carbocycles. The molecule has 3 nitrogen and oxygen atoms in total. The average molecular weight is 288 g/mol. The van der Waals surface area contributed by atoms with Crippen molar-refractivity contribution in [3.63, 3.8) is 0 Å². The second kappa shape index (κ2) is 6.91. The van der Waals surface area contributed by atoms with Gasteiger partial charge < -0.3 is 14.2 Å². The van der Waals surface area contributed by atoms with E-state index in [2.05, 4.69) is 0 Å². The molecule has 0 fully saturated rings. The highest BCUT2D eigenvalue weighted by molar-refractivity contribution is 7.80. The zero-order chi connectivity index (χ0) is 14.4. The van der Waals surface area contributed by atoms with Gasteiger partial charge in [-0.3, -0.25) is 0 Å². The second-order valence-electron chi connectivity index (χ2n) is 4.13. The van der Waals surface area contributed by atoms with Gasteiger partial charge in [0.05, 0.1) is 14.2 Å². The van der Waals surface area contributed by atoms with E-state index in [0.717, 1.165) is 11.1 Å². The highest BCUT2D eigenvalue weighted by Crippen LogP contribution is 2.28. The summed E-state index contributed by atoms with van der Waals surface area (Å²) in [4.78, 5) is 0. The Hall–Kier alpha value is -2.07. The molecule has 0 aliphatic rings. The fraction of sp³-hybridized carbons (Fsp3) is 0.188. The van der Waals surface area contributed by atoms with Crippen LogP contribution in [0.15, 0.2) is 48.5 Å². The van der Waals surface area contributed by atoms with Crippen LogP contribution in [-0.4, -0.2) is 19.3 Å². The first kappa shape index (κ1) is 14.3. The fourth-order valence-corrected chi connectivity index (χ4v) is 1.96. The van der Waals surface area contributed by atoms with Crippen LogP contribution in [0.2, 0.25) is 0 Å². The molecule has 0 unspecified atom stereocenters. The third kappa shape index (κ3) is 3.48. The van der Waals surface area contributed by atoms with Crippen molar-refractivity contribution in [1.29, 1.82) is 0 Å². The van der Waals surface area contributed by atoms with Gasteiger partial charge in [0.2, 0.25) is 0 Å². The smallest absolute Gasteiger partial charge is 0.191 e. The van der Waals surface area contributed by atoms with Crippen molar-refractivity contribution in [3.8, 4) is 11.5 Å². The zero-order valence-corrected chi connectivity index (χ0v) is 12.3. The molecule has 0 heterocycles. The minimum Gasteiger partial charge on any atom is -0.493 e. The lowest BCUT2D eigenvalue weighted by Gasteiger charge is -2.11. The first-order chi connectivity index (χ1) is 9.74. The van der Waals surface area contributed by atoms with Crippen molar-refractivity contribution in [2.24, 2.45) is 0 Å². The summed E-state index contributed by atoms with van der Waals surface area (Å²) in [5, 5.41) is 0.440. The SMILES string of the molecule is COc1ccc(C(=S)OCc2ccccc2)cc1OC. The molecule has 0 spiro atoms. The molecule has 4 heteroatoms. The summed E-state index contributed by atoms with van der Waals surface area (Å²) in [5.74, 6) is 1.30. The van der Waals surface area contributed by atoms with Crippen LogP contribution in [0.5, 0.6) is 11.5 Å². The number of benzene rings is 2. The van der Waals surface area contributed by atoms with Gasteiger partial charge in [0.1, 0.15) is 6.61 Å². The number of hydrogen-bond acceptors (Lipinski definition) is 4. The van der Waals surface area contributed by atoms with E-state index in [4.69, 9.17) is 26.4 Å². The summed E-state index contributed by atoms with van der Waals surface area (Å²) < 4.78 is 16.1. The number of ether oxygens (including phenoxy) is 3. The van der Waals surface area contributed by atoms with Crippen molar-refractivity contribution in [1.82, 2.24) is 0 Å². The van der Waals surface area contributed by atoms with Crippen LogP contribution in [-0.2, 0) is 11.3 Å². The minimum absolute atomic E-state index is 0.440. The molecule has 2 aromatic carbocycles. The molecule has 104 valence electrons. The topological polar surface area (TPSA) is 27.7 Å². The molecular formula is C16H16O3S. The molecule has 0 aliphatic heterocycles. The third-order valence-electron chi connectivity index (χ3n) is 2.83. The average Bonchev–Trinajstić information content (AvgIpc) is 2.52. The van der Waals surface area contributed by atoms with Gasteiger partial charge in [-0.15, -0.1) is 0 Å². The zero-order valence-electron chi connectivity index (χ0n) is 11.5. The van der Waals surface area contributed by atoms with E-state index in [1.165, 1.54) is 0 Å². The van der Waals surface area contributed by atoms with Crippen LogP contribution in [0.25, 0.3) is 0 Å². The Bertz CT molecular complexity index is 582. The van der Waals surface area contributed by atoms with Crippen LogP contribution in [0.1, 0.15) is 11.1 Å². The molecular weight excluding hydrogens is 272 g/mol. The molecule has 0 amide bonds. The fourth-order valence-electron chi connectivity index (χ4n) is 1.77. The second-order valence-corrected chi connectivity index (χ2v) is 4.50. The van der Waals surface area contributed by atoms with Crippen LogP contribution < -0.4 is 9.47 Å². The Morgan fingerprint density at radius 3 is 2.30 bits per heavy atom. The van der Waals surface area contributed by atoms with Gasteiger partial charge in [0.15, 0.2) is 16.5 Å². The minimum atomic E-state index is 0.440. The maximum atomic E-state index is 5.62. The Labute approximate surface area is 124 Å². The van der Waals surface area contributed by atoms with Crippen molar-refractivity contribution in [3.05, 3.63) is 59.7 Å². The van der Waals surface area contributed by atoms with E-state index in [0.29, 0.717) is 23.2 Å². The van der Waals surface area contributed by atoms with E-state index in [-0.39, 0.29) is 0 Å². The van der Waals surface area contributed by atoms with Crippen molar-refractivity contribution in [2.45, 2.75) is 6.61 Å². The summed E-state index contributed by atoms with van der Waals surface area (Å²) in [7, 11) is 3.19. The lowest BCUT2D eigenvalue weighted by atomic mass is 10.2. The van der Waals surface area contributed by atoms with Crippen LogP contribution in [0.4, 0.5) is 0 Å². The van der Waals surface area contributed by atoms with Gasteiger partial charge in [-0.1, -0.05) is 30.3 Å². The largest absolute Gasteiger partial charge is 0.493 e. The molecule has 2 rings (SSSR count). The van der Waals surface area contributed by atoms with E-state index in [9.17, 15) is 0 Å². The Kier molecular flexibility index (Phi) is 4.96. The quantitative estimate of drug-likeness (QED) is 0.786. The maximum absolute atomic E-state index is 5.62. The summed E-state index contributed by atoms with van der Waals surface area (Å²) in [6, 6.07) is 15.4. The Morgan fingerprint density at radius 1 is 0.950 bits per heavy atom. The Morgan fingerprint density at radius 2 is 1.65 bits per heavy atom. The maximum Gasteiger partial charge on any atom is 0.191 e. The van der Waals surface area contributed by atoms with Crippen LogP contribution >= 0.6 is 12.2 Å². The summed E-state index contributed by atoms with van der Waals surface area (Å²) in [6.45, 7) is 0.452. The molecule has 0 saturated heterocycles. The highest BCUT2D eigenvalue weighted by Gasteiger charge is 2.09. The van der Waals surface area contributed by atoms with Gasteiger partial charge in [-0.05, 0) is 36.0 Å². The normalized spacial score (nSPS) is 9.90. The van der Waals surface area contributed by atoms with Gasteiger partial charge in [0.25, 0.3) is 0 Å². The molecule has 0 radical (unpaired) electrons. The predicted molar refractivity (Wildman–Crippen MR) is 82.5 cm³/mol. The van der Waals surface area contributed by atoms with Crippen molar-refractivity contribution in [2.75, 3.05) is 14.2 Å². The van der Waals surface area contributed by atoms with E-state index in [1.807, 2.05) is 48.5 Å². The van der Waals surface area contributed by atoms with E-state index in [1.54, 1.807) is 14.2 Å². The van der Waals surface area contributed by atoms with Gasteiger partial charge >= 0.3 is 0 Å². The van der Waals surface area contributed by atoms with Crippen molar-refractivity contribution < 1.29 is 14.2 Å². The molecule has 0 bridgehead atoms. The lowest BCUT2D eigenvalue weighted by molar-refractivity contribution is 0.301. The van der Waals surface area contributed by atoms with E-state index < -0.39 is 0 Å². The standard InChI is InChI=1S/C16H16O3S/c1-17-14-9-8-13(10-15(14)18-2)16(20)19-11-12-6-4-3-5-7-12/h3-10H,11H2,1-2H3. The molecule has 0 aromatic heterocycles. The van der Waals surface area contributed by atoms with Crippen molar-refractivity contribution >= 4 is 17.3 Å². The first-order valence-electron chi connectivity index (χ1n) is 6.17. The summed E-state index contributed by atoms with van der Waals surface area (Å²) in [6.07, 6.45) is 0. The number of methoxy groups -OCH3 is 2. The number of thiocarbonyl (C=S) groups is 1. The van der Waals surface area contributed by atoms with Crippen LogP contribution in [0, 0.1) is 0 Å². The van der Waals surface area contributed by atoms with E-state index >= 15 is 0 Å². The monoisotopic (exact) mass is 288 g/mol. The molecule has 0 atom stereocenters. The molecule has 0 saturated carbocycles. The predicted octanol–water partition coefficient (Wildman–Crippen LogP) is 3.60. The van der Waals surface area contributed by atoms with Gasteiger partial charge in [-0.25, -0.2) is 0 Å².